The number of hydrogen-bond acceptors (Lipinski definition) is 6. The van der Waals surface area contributed by atoms with Gasteiger partial charge in [0, 0.05) is 6.54 Å². The number of anilines is 1. The summed E-state index contributed by atoms with van der Waals surface area (Å²) in [5, 5.41) is 0.713. The Hall–Kier alpha value is -2.35. The zero-order valence-electron chi connectivity index (χ0n) is 18.3. The largest absolute Gasteiger partial charge is 0.485 e. The lowest BCUT2D eigenvalue weighted by Crippen LogP contribution is -2.47. The number of carbonyl (C=O) groups is 1. The van der Waals surface area contributed by atoms with Gasteiger partial charge in [0.2, 0.25) is 6.10 Å². The van der Waals surface area contributed by atoms with Crippen LogP contribution in [-0.4, -0.2) is 55.7 Å². The first-order valence-corrected chi connectivity index (χ1v) is 11.0. The van der Waals surface area contributed by atoms with Crippen LogP contribution in [0.3, 0.4) is 0 Å². The number of fused-ring (bicyclic) bond motifs is 2. The molecule has 3 aromatic rings. The third-order valence-corrected chi connectivity index (χ3v) is 6.31. The van der Waals surface area contributed by atoms with Gasteiger partial charge in [-0.25, -0.2) is 4.98 Å². The first kappa shape index (κ1) is 23.3. The van der Waals surface area contributed by atoms with Crippen molar-refractivity contribution in [2.24, 2.45) is 0 Å². The average molecular weight is 462 g/mol. The van der Waals surface area contributed by atoms with E-state index in [0.29, 0.717) is 23.2 Å². The van der Waals surface area contributed by atoms with Crippen molar-refractivity contribution in [3.8, 4) is 11.5 Å². The smallest absolute Gasteiger partial charge is 0.273 e. The van der Waals surface area contributed by atoms with Crippen molar-refractivity contribution in [2.75, 3.05) is 38.7 Å². The first-order valence-electron chi connectivity index (χ1n) is 10.1. The Morgan fingerprint density at radius 1 is 1.16 bits per heavy atom. The van der Waals surface area contributed by atoms with Gasteiger partial charge in [-0.2, -0.15) is 0 Å². The monoisotopic (exact) mass is 461 g/mol. The zero-order valence-corrected chi connectivity index (χ0v) is 19.9. The molecule has 166 valence electrons. The van der Waals surface area contributed by atoms with E-state index in [1.807, 2.05) is 38.4 Å². The SMILES string of the molecule is Cc1cc(C)c2sc(N(CCCN(C)C)C(=O)C3COc4ccccc4O3)nc2c1.Cl. The van der Waals surface area contributed by atoms with Crippen molar-refractivity contribution < 1.29 is 14.3 Å². The predicted octanol–water partition coefficient (Wildman–Crippen LogP) is 4.46. The molecule has 1 aromatic heterocycles. The summed E-state index contributed by atoms with van der Waals surface area (Å²) >= 11 is 1.56. The van der Waals surface area contributed by atoms with Crippen molar-refractivity contribution >= 4 is 45.0 Å². The molecule has 6 nitrogen and oxygen atoms in total. The van der Waals surface area contributed by atoms with Crippen LogP contribution in [0.1, 0.15) is 17.5 Å². The standard InChI is InChI=1S/C23H27N3O3S.ClH/c1-15-12-16(2)21-17(13-15)24-23(30-21)26(11-7-10-25(3)4)22(27)20-14-28-18-8-5-6-9-19(18)29-20;/h5-6,8-9,12-13,20H,7,10-11,14H2,1-4H3;1H. The Balaban J connectivity index is 0.00000272. The maximum Gasteiger partial charge on any atom is 0.273 e. The molecular weight excluding hydrogens is 434 g/mol. The minimum atomic E-state index is -0.686. The topological polar surface area (TPSA) is 54.9 Å². The normalized spacial score (nSPS) is 15.1. The molecule has 0 fully saturated rings. The summed E-state index contributed by atoms with van der Waals surface area (Å²) in [6, 6.07) is 11.7. The molecular formula is C23H28ClN3O3S. The molecule has 1 aliphatic heterocycles. The van der Waals surface area contributed by atoms with Gasteiger partial charge in [0.25, 0.3) is 5.91 Å². The summed E-state index contributed by atoms with van der Waals surface area (Å²) in [4.78, 5) is 22.2. The van der Waals surface area contributed by atoms with Crippen LogP contribution in [0.25, 0.3) is 10.2 Å². The molecule has 0 saturated heterocycles. The van der Waals surface area contributed by atoms with E-state index in [1.165, 1.54) is 11.1 Å². The maximum atomic E-state index is 13.5. The minimum Gasteiger partial charge on any atom is -0.485 e. The van der Waals surface area contributed by atoms with Crippen molar-refractivity contribution in [1.82, 2.24) is 9.88 Å². The fourth-order valence-electron chi connectivity index (χ4n) is 3.64. The molecule has 1 unspecified atom stereocenters. The number of amides is 1. The highest BCUT2D eigenvalue weighted by Gasteiger charge is 2.33. The van der Waals surface area contributed by atoms with Gasteiger partial charge in [-0.05, 0) is 70.2 Å². The molecule has 31 heavy (non-hydrogen) atoms. The summed E-state index contributed by atoms with van der Waals surface area (Å²) in [5.74, 6) is 1.16. The number of halogens is 1. The van der Waals surface area contributed by atoms with Gasteiger partial charge in [-0.1, -0.05) is 29.5 Å². The quantitative estimate of drug-likeness (QED) is 0.542. The van der Waals surface area contributed by atoms with Crippen LogP contribution in [-0.2, 0) is 4.79 Å². The Morgan fingerprint density at radius 3 is 2.65 bits per heavy atom. The van der Waals surface area contributed by atoms with Gasteiger partial charge in [0.1, 0.15) is 6.61 Å². The van der Waals surface area contributed by atoms with E-state index in [-0.39, 0.29) is 24.9 Å². The van der Waals surface area contributed by atoms with Crippen LogP contribution in [0, 0.1) is 13.8 Å². The van der Waals surface area contributed by atoms with Gasteiger partial charge < -0.3 is 14.4 Å². The van der Waals surface area contributed by atoms with Crippen LogP contribution in [0.15, 0.2) is 36.4 Å². The second-order valence-corrected chi connectivity index (χ2v) is 8.91. The summed E-state index contributed by atoms with van der Waals surface area (Å²) < 4.78 is 12.9. The van der Waals surface area contributed by atoms with Gasteiger partial charge in [-0.15, -0.1) is 12.4 Å². The van der Waals surface area contributed by atoms with Crippen LogP contribution in [0.5, 0.6) is 11.5 Å². The Kier molecular flexibility index (Phi) is 7.41. The van der Waals surface area contributed by atoms with Crippen molar-refractivity contribution in [3.63, 3.8) is 0 Å². The molecule has 2 aromatic carbocycles. The van der Waals surface area contributed by atoms with E-state index < -0.39 is 6.10 Å². The molecule has 2 heterocycles. The van der Waals surface area contributed by atoms with Crippen LogP contribution >= 0.6 is 23.7 Å². The third-order valence-electron chi connectivity index (χ3n) is 5.08. The molecule has 0 spiro atoms. The predicted molar refractivity (Wildman–Crippen MR) is 128 cm³/mol. The molecule has 1 aliphatic rings. The summed E-state index contributed by atoms with van der Waals surface area (Å²) in [6.45, 7) is 5.82. The van der Waals surface area contributed by atoms with Crippen molar-refractivity contribution in [3.05, 3.63) is 47.5 Å². The number of para-hydroxylation sites is 2. The van der Waals surface area contributed by atoms with Crippen molar-refractivity contribution in [2.45, 2.75) is 26.4 Å². The Labute approximate surface area is 193 Å². The summed E-state index contributed by atoms with van der Waals surface area (Å²) in [6.07, 6.45) is 0.158. The molecule has 0 bridgehead atoms. The fraction of sp³-hybridized carbons (Fsp3) is 0.391. The maximum absolute atomic E-state index is 13.5. The highest BCUT2D eigenvalue weighted by atomic mass is 35.5. The van der Waals surface area contributed by atoms with E-state index in [9.17, 15) is 4.79 Å². The van der Waals surface area contributed by atoms with E-state index >= 15 is 0 Å². The lowest BCUT2D eigenvalue weighted by atomic mass is 10.1. The summed E-state index contributed by atoms with van der Waals surface area (Å²) in [7, 11) is 4.07. The first-order chi connectivity index (χ1) is 14.4. The molecule has 8 heteroatoms. The molecule has 0 radical (unpaired) electrons. The van der Waals surface area contributed by atoms with Crippen LogP contribution < -0.4 is 14.4 Å². The second-order valence-electron chi connectivity index (χ2n) is 7.94. The van der Waals surface area contributed by atoms with Crippen LogP contribution in [0.2, 0.25) is 0 Å². The van der Waals surface area contributed by atoms with E-state index in [1.54, 1.807) is 16.2 Å². The Bertz CT molecular complexity index is 1070. The van der Waals surface area contributed by atoms with E-state index in [4.69, 9.17) is 14.5 Å². The number of rotatable bonds is 6. The second kappa shape index (κ2) is 9.85. The van der Waals surface area contributed by atoms with Gasteiger partial charge >= 0.3 is 0 Å². The van der Waals surface area contributed by atoms with Gasteiger partial charge in [0.15, 0.2) is 16.6 Å². The minimum absolute atomic E-state index is 0. The Morgan fingerprint density at radius 2 is 1.90 bits per heavy atom. The van der Waals surface area contributed by atoms with E-state index in [0.717, 1.165) is 23.2 Å². The number of carbonyl (C=O) groups excluding carboxylic acids is 1. The number of ether oxygens (including phenoxy) is 2. The van der Waals surface area contributed by atoms with Gasteiger partial charge in [-0.3, -0.25) is 9.69 Å². The molecule has 4 rings (SSSR count). The number of hydrogen-bond donors (Lipinski definition) is 0. The third kappa shape index (κ3) is 5.11. The lowest BCUT2D eigenvalue weighted by molar-refractivity contribution is -0.127. The van der Waals surface area contributed by atoms with Gasteiger partial charge in [0.05, 0.1) is 10.2 Å². The highest BCUT2D eigenvalue weighted by Crippen LogP contribution is 2.35. The van der Waals surface area contributed by atoms with Crippen molar-refractivity contribution in [1.29, 1.82) is 0 Å². The number of thiazole rings is 1. The fourth-order valence-corrected chi connectivity index (χ4v) is 4.69. The molecule has 0 saturated carbocycles. The lowest BCUT2D eigenvalue weighted by Gasteiger charge is -2.29. The number of aromatic nitrogens is 1. The molecule has 1 atom stereocenters. The van der Waals surface area contributed by atoms with Crippen LogP contribution in [0.4, 0.5) is 5.13 Å². The zero-order chi connectivity index (χ0) is 21.3. The molecule has 0 aliphatic carbocycles. The number of benzene rings is 2. The number of aryl methyl sites for hydroxylation is 2. The number of nitrogens with zero attached hydrogens (tertiary/aromatic N) is 3. The average Bonchev–Trinajstić information content (AvgIpc) is 3.14. The molecule has 1 amide bonds. The highest BCUT2D eigenvalue weighted by molar-refractivity contribution is 7.22. The summed E-state index contributed by atoms with van der Waals surface area (Å²) in [5.41, 5.74) is 3.28. The van der Waals surface area contributed by atoms with E-state index in [2.05, 4.69) is 30.9 Å². The molecule has 0 N–H and O–H groups in total.